The van der Waals surface area contributed by atoms with Crippen molar-refractivity contribution < 1.29 is 4.74 Å². The van der Waals surface area contributed by atoms with Crippen LogP contribution in [-0.2, 0) is 11.8 Å². The highest BCUT2D eigenvalue weighted by atomic mass is 127. The highest BCUT2D eigenvalue weighted by Crippen LogP contribution is 2.21. The number of piperidine rings is 1. The van der Waals surface area contributed by atoms with Crippen LogP contribution >= 0.6 is 24.0 Å². The van der Waals surface area contributed by atoms with Gasteiger partial charge in [0, 0.05) is 52.1 Å². The van der Waals surface area contributed by atoms with E-state index in [0.717, 1.165) is 51.6 Å². The van der Waals surface area contributed by atoms with Crippen molar-refractivity contribution in [2.75, 3.05) is 37.7 Å². The molecular formula is C23H43IN6O. The fourth-order valence-corrected chi connectivity index (χ4v) is 4.48. The van der Waals surface area contributed by atoms with Gasteiger partial charge in [0.25, 0.3) is 0 Å². The van der Waals surface area contributed by atoms with Gasteiger partial charge in [-0.1, -0.05) is 19.3 Å². The summed E-state index contributed by atoms with van der Waals surface area (Å²) in [6.45, 7) is 6.90. The summed E-state index contributed by atoms with van der Waals surface area (Å²) in [5, 5.41) is 11.4. The molecule has 2 N–H and O–H groups in total. The molecule has 1 aliphatic heterocycles. The lowest BCUT2D eigenvalue weighted by Gasteiger charge is -2.34. The van der Waals surface area contributed by atoms with Crippen LogP contribution in [-0.4, -0.2) is 60.7 Å². The number of nitrogens with zero attached hydrogens (tertiary/aromatic N) is 4. The van der Waals surface area contributed by atoms with Crippen LogP contribution in [0.2, 0.25) is 0 Å². The number of rotatable bonds is 10. The molecule has 1 aromatic rings. The largest absolute Gasteiger partial charge is 0.378 e. The predicted molar refractivity (Wildman–Crippen MR) is 140 cm³/mol. The number of hydrogen-bond donors (Lipinski definition) is 2. The van der Waals surface area contributed by atoms with Crippen LogP contribution in [0, 0.1) is 0 Å². The quantitative estimate of drug-likeness (QED) is 0.201. The maximum absolute atomic E-state index is 6.03. The van der Waals surface area contributed by atoms with E-state index >= 15 is 0 Å². The number of unbranched alkanes of at least 4 members (excludes halogenated alkanes) is 2. The summed E-state index contributed by atoms with van der Waals surface area (Å²) in [7, 11) is 1.97. The Morgan fingerprint density at radius 3 is 2.74 bits per heavy atom. The maximum atomic E-state index is 6.03. The number of anilines is 1. The lowest BCUT2D eigenvalue weighted by molar-refractivity contribution is 0.0264. The van der Waals surface area contributed by atoms with Gasteiger partial charge in [-0.3, -0.25) is 9.67 Å². The first-order valence-electron chi connectivity index (χ1n) is 12.1. The molecule has 0 spiro atoms. The zero-order valence-electron chi connectivity index (χ0n) is 19.5. The van der Waals surface area contributed by atoms with Gasteiger partial charge in [-0.15, -0.1) is 24.0 Å². The van der Waals surface area contributed by atoms with E-state index in [4.69, 9.17) is 9.73 Å². The molecule has 0 aromatic carbocycles. The minimum atomic E-state index is 0. The lowest BCUT2D eigenvalue weighted by atomic mass is 9.98. The molecule has 1 unspecified atom stereocenters. The molecule has 1 aromatic heterocycles. The fourth-order valence-electron chi connectivity index (χ4n) is 4.48. The van der Waals surface area contributed by atoms with Gasteiger partial charge in [0.1, 0.15) is 0 Å². The summed E-state index contributed by atoms with van der Waals surface area (Å²) in [5.74, 6) is 0.953. The maximum Gasteiger partial charge on any atom is 0.191 e. The van der Waals surface area contributed by atoms with Gasteiger partial charge in [-0.25, -0.2) is 0 Å². The Balaban J connectivity index is 0.00000341. The number of guanidine groups is 1. The molecule has 1 saturated heterocycles. The molecule has 1 aliphatic carbocycles. The minimum absolute atomic E-state index is 0. The normalized spacial score (nSPS) is 20.4. The first kappa shape index (κ1) is 26.2. The van der Waals surface area contributed by atoms with E-state index in [9.17, 15) is 0 Å². The zero-order chi connectivity index (χ0) is 21.0. The van der Waals surface area contributed by atoms with Crippen LogP contribution < -0.4 is 15.5 Å². The highest BCUT2D eigenvalue weighted by molar-refractivity contribution is 14.0. The zero-order valence-corrected chi connectivity index (χ0v) is 21.9. The Kier molecular flexibility index (Phi) is 12.6. The number of aromatic nitrogens is 2. The minimum Gasteiger partial charge on any atom is -0.378 e. The molecule has 1 atom stereocenters. The Morgan fingerprint density at radius 2 is 2.00 bits per heavy atom. The first-order valence-corrected chi connectivity index (χ1v) is 12.1. The molecule has 3 rings (SSSR count). The van der Waals surface area contributed by atoms with E-state index in [1.165, 1.54) is 57.1 Å². The second-order valence-electron chi connectivity index (χ2n) is 8.75. The van der Waals surface area contributed by atoms with Crippen molar-refractivity contribution in [1.29, 1.82) is 0 Å². The second-order valence-corrected chi connectivity index (χ2v) is 8.75. The third kappa shape index (κ3) is 9.55. The van der Waals surface area contributed by atoms with Gasteiger partial charge >= 0.3 is 0 Å². The van der Waals surface area contributed by atoms with E-state index in [1.807, 2.05) is 17.9 Å². The molecule has 2 fully saturated rings. The number of nitrogens with one attached hydrogen (secondary N) is 2. The number of ether oxygens (including phenoxy) is 1. The van der Waals surface area contributed by atoms with Crippen LogP contribution in [0.25, 0.3) is 0 Å². The molecule has 1 saturated carbocycles. The summed E-state index contributed by atoms with van der Waals surface area (Å²) in [4.78, 5) is 7.24. The highest BCUT2D eigenvalue weighted by Gasteiger charge is 2.21. The molecular weight excluding hydrogens is 503 g/mol. The molecule has 7 nitrogen and oxygen atoms in total. The Hall–Kier alpha value is -1.03. The third-order valence-corrected chi connectivity index (χ3v) is 6.14. The molecule has 31 heavy (non-hydrogen) atoms. The van der Waals surface area contributed by atoms with E-state index in [2.05, 4.69) is 33.8 Å². The summed E-state index contributed by atoms with van der Waals surface area (Å²) in [5.41, 5.74) is 1.21. The van der Waals surface area contributed by atoms with E-state index in [1.54, 1.807) is 0 Å². The van der Waals surface area contributed by atoms with Crippen LogP contribution in [0.5, 0.6) is 0 Å². The number of aliphatic imine (C=N–C) groups is 1. The van der Waals surface area contributed by atoms with Crippen molar-refractivity contribution in [3.8, 4) is 0 Å². The molecule has 0 bridgehead atoms. The number of halogens is 1. The molecule has 2 aliphatic rings. The monoisotopic (exact) mass is 546 g/mol. The van der Waals surface area contributed by atoms with E-state index < -0.39 is 0 Å². The standard InChI is InChI=1S/C23H42N6O.HI/c1-3-24-23(25-14-8-5-9-16-30-22-12-6-4-7-13-22)27-20-11-10-15-29(18-20)21-17-26-28(2)19-21;/h17,19-20,22H,3-16,18H2,1-2H3,(H2,24,25,27);1H. The average molecular weight is 547 g/mol. The Morgan fingerprint density at radius 1 is 1.16 bits per heavy atom. The van der Waals surface area contributed by atoms with Crippen molar-refractivity contribution in [2.45, 2.75) is 83.3 Å². The van der Waals surface area contributed by atoms with Gasteiger partial charge in [0.2, 0.25) is 0 Å². The smallest absolute Gasteiger partial charge is 0.191 e. The number of hydrogen-bond acceptors (Lipinski definition) is 4. The summed E-state index contributed by atoms with van der Waals surface area (Å²) in [6, 6.07) is 0.417. The summed E-state index contributed by atoms with van der Waals surface area (Å²) < 4.78 is 7.90. The molecule has 2 heterocycles. The lowest BCUT2D eigenvalue weighted by Crippen LogP contribution is -2.51. The topological polar surface area (TPSA) is 66.7 Å². The van der Waals surface area contributed by atoms with Crippen molar-refractivity contribution >= 4 is 35.6 Å². The Bertz CT molecular complexity index is 631. The fraction of sp³-hybridized carbons (Fsp3) is 0.826. The molecule has 8 heteroatoms. The van der Waals surface area contributed by atoms with Gasteiger partial charge in [0.05, 0.1) is 18.0 Å². The molecule has 0 amide bonds. The van der Waals surface area contributed by atoms with E-state index in [0.29, 0.717) is 12.1 Å². The van der Waals surface area contributed by atoms with Gasteiger partial charge in [-0.2, -0.15) is 5.10 Å². The van der Waals surface area contributed by atoms with Crippen LogP contribution in [0.3, 0.4) is 0 Å². The van der Waals surface area contributed by atoms with Crippen molar-refractivity contribution in [3.63, 3.8) is 0 Å². The summed E-state index contributed by atoms with van der Waals surface area (Å²) >= 11 is 0. The van der Waals surface area contributed by atoms with E-state index in [-0.39, 0.29) is 24.0 Å². The van der Waals surface area contributed by atoms with Gasteiger partial charge in [-0.05, 0) is 51.9 Å². The van der Waals surface area contributed by atoms with Crippen LogP contribution in [0.1, 0.15) is 71.1 Å². The van der Waals surface area contributed by atoms with Crippen molar-refractivity contribution in [1.82, 2.24) is 20.4 Å². The second kappa shape index (κ2) is 14.9. The average Bonchev–Trinajstić information content (AvgIpc) is 3.20. The summed E-state index contributed by atoms with van der Waals surface area (Å²) in [6.07, 6.45) is 17.0. The van der Waals surface area contributed by atoms with Crippen LogP contribution in [0.4, 0.5) is 5.69 Å². The van der Waals surface area contributed by atoms with Gasteiger partial charge in [0.15, 0.2) is 5.96 Å². The third-order valence-electron chi connectivity index (χ3n) is 6.14. The molecule has 0 radical (unpaired) electrons. The van der Waals surface area contributed by atoms with Crippen molar-refractivity contribution in [3.05, 3.63) is 12.4 Å². The molecule has 178 valence electrons. The van der Waals surface area contributed by atoms with Crippen LogP contribution in [0.15, 0.2) is 17.4 Å². The predicted octanol–water partition coefficient (Wildman–Crippen LogP) is 4.08. The number of aryl methyl sites for hydroxylation is 1. The SMILES string of the molecule is CCNC(=NCCCCCOC1CCCCC1)NC1CCCN(c2cnn(C)c2)C1.I. The van der Waals surface area contributed by atoms with Crippen molar-refractivity contribution in [2.24, 2.45) is 12.0 Å². The Labute approximate surface area is 205 Å². The van der Waals surface area contributed by atoms with Gasteiger partial charge < -0.3 is 20.3 Å². The first-order chi connectivity index (χ1) is 14.7.